The van der Waals surface area contributed by atoms with Crippen molar-refractivity contribution in [3.63, 3.8) is 0 Å². The van der Waals surface area contributed by atoms with Gasteiger partial charge in [0.2, 0.25) is 0 Å². The Kier molecular flexibility index (Phi) is 16.0. The summed E-state index contributed by atoms with van der Waals surface area (Å²) in [6.45, 7) is 13.6. The van der Waals surface area contributed by atoms with Crippen LogP contribution in [0.15, 0.2) is 12.3 Å². The van der Waals surface area contributed by atoms with Crippen LogP contribution < -0.4 is 0 Å². The molecule has 0 aromatic carbocycles. The van der Waals surface area contributed by atoms with Crippen LogP contribution in [0.2, 0.25) is 6.04 Å². The molecule has 0 aromatic rings. The molecule has 0 saturated heterocycles. The normalized spacial score (nSPS) is 11.8. The van der Waals surface area contributed by atoms with E-state index in [1.54, 1.807) is 27.0 Å². The van der Waals surface area contributed by atoms with E-state index in [1.807, 2.05) is 20.8 Å². The van der Waals surface area contributed by atoms with Gasteiger partial charge in [-0.1, -0.05) is 19.9 Å². The fourth-order valence-electron chi connectivity index (χ4n) is 1.81. The molecule has 0 spiro atoms. The van der Waals surface area contributed by atoms with Crippen molar-refractivity contribution < 1.29 is 26.6 Å². The van der Waals surface area contributed by atoms with Gasteiger partial charge in [-0.15, -0.1) is 0 Å². The molecule has 0 aliphatic carbocycles. The predicted octanol–water partition coefficient (Wildman–Crippen LogP) is 3.03. The largest absolute Gasteiger partial charge is 0.528 e. The van der Waals surface area contributed by atoms with Crippen LogP contribution in [0, 0.1) is 0 Å². The summed E-state index contributed by atoms with van der Waals surface area (Å²) in [5.41, 5.74) is 1.58. The van der Waals surface area contributed by atoms with E-state index >= 15 is 0 Å². The number of rotatable bonds is 12. The first-order valence-corrected chi connectivity index (χ1v) is 11.4. The van der Waals surface area contributed by atoms with Crippen molar-refractivity contribution in [1.29, 1.82) is 0 Å². The Morgan fingerprint density at radius 3 is 1.27 bits per heavy atom. The van der Waals surface area contributed by atoms with Crippen molar-refractivity contribution in [2.75, 3.05) is 41.2 Å². The summed E-state index contributed by atoms with van der Waals surface area (Å²) in [5.74, 6) is 0. The molecular formula is C14H34O6Si2. The molecule has 0 aliphatic heterocycles. The highest BCUT2D eigenvalue weighted by Gasteiger charge is 2.38. The van der Waals surface area contributed by atoms with Crippen molar-refractivity contribution in [1.82, 2.24) is 0 Å². The van der Waals surface area contributed by atoms with Gasteiger partial charge in [0.15, 0.2) is 0 Å². The van der Waals surface area contributed by atoms with Crippen molar-refractivity contribution in [2.45, 2.75) is 40.2 Å². The molecule has 0 N–H and O–H groups in total. The third-order valence-corrected chi connectivity index (χ3v) is 8.26. The van der Waals surface area contributed by atoms with Crippen LogP contribution in [0.3, 0.4) is 0 Å². The summed E-state index contributed by atoms with van der Waals surface area (Å²) in [6.07, 6.45) is 1.05. The molecule has 0 amide bonds. The maximum Gasteiger partial charge on any atom is 0.528 e. The van der Waals surface area contributed by atoms with Crippen molar-refractivity contribution in [3.8, 4) is 0 Å². The van der Waals surface area contributed by atoms with Crippen LogP contribution >= 0.6 is 0 Å². The summed E-state index contributed by atoms with van der Waals surface area (Å²) in [7, 11) is -0.0953. The lowest BCUT2D eigenvalue weighted by Crippen LogP contribution is -2.45. The van der Waals surface area contributed by atoms with Gasteiger partial charge in [-0.2, -0.15) is 0 Å². The van der Waals surface area contributed by atoms with Crippen LogP contribution in [0.4, 0.5) is 0 Å². The van der Waals surface area contributed by atoms with Crippen LogP contribution in [0.1, 0.15) is 34.1 Å². The topological polar surface area (TPSA) is 55.4 Å². The van der Waals surface area contributed by atoms with Gasteiger partial charge in [-0.05, 0) is 26.5 Å². The van der Waals surface area contributed by atoms with Crippen LogP contribution in [-0.4, -0.2) is 58.8 Å². The molecule has 134 valence electrons. The van der Waals surface area contributed by atoms with Gasteiger partial charge < -0.3 is 26.6 Å². The maximum atomic E-state index is 5.65. The van der Waals surface area contributed by atoms with Gasteiger partial charge in [0.25, 0.3) is 0 Å². The zero-order valence-electron chi connectivity index (χ0n) is 15.3. The lowest BCUT2D eigenvalue weighted by molar-refractivity contribution is 0.0711. The Morgan fingerprint density at radius 1 is 0.773 bits per heavy atom. The Labute approximate surface area is 138 Å². The van der Waals surface area contributed by atoms with Crippen molar-refractivity contribution in [3.05, 3.63) is 12.3 Å². The highest BCUT2D eigenvalue weighted by molar-refractivity contribution is 6.66. The third-order valence-electron chi connectivity index (χ3n) is 2.75. The summed E-state index contributed by atoms with van der Waals surface area (Å²) >= 11 is 0. The first-order valence-electron chi connectivity index (χ1n) is 7.69. The molecule has 0 bridgehead atoms. The SMILES string of the molecule is C=C[Si](OC)(OC)OC.CCC[Si](OCC)(OCC)OCC. The minimum Gasteiger partial charge on any atom is -0.374 e. The minimum absolute atomic E-state index is 0.673. The van der Waals surface area contributed by atoms with Crippen LogP contribution in [0.5, 0.6) is 0 Å². The third kappa shape index (κ3) is 9.16. The lowest BCUT2D eigenvalue weighted by Gasteiger charge is -2.27. The lowest BCUT2D eigenvalue weighted by atomic mass is 10.6. The summed E-state index contributed by atoms with van der Waals surface area (Å²) in [4.78, 5) is 0. The molecule has 6 nitrogen and oxygen atoms in total. The highest BCUT2D eigenvalue weighted by atomic mass is 28.4. The molecular weight excluding hydrogens is 320 g/mol. The monoisotopic (exact) mass is 354 g/mol. The molecule has 0 radical (unpaired) electrons. The molecule has 0 aliphatic rings. The van der Waals surface area contributed by atoms with Gasteiger partial charge in [-0.3, -0.25) is 0 Å². The van der Waals surface area contributed by atoms with Gasteiger partial charge in [0.1, 0.15) is 0 Å². The standard InChI is InChI=1S/C9H22O3Si.C5H12O3Si/c1-5-9-13(10-6-2,11-7-3)12-8-4;1-5-9(6-2,7-3)8-4/h5-9H2,1-4H3;5H,1H2,2-4H3. The average Bonchev–Trinajstić information content (AvgIpc) is 2.52. The molecule has 0 unspecified atom stereocenters. The summed E-state index contributed by atoms with van der Waals surface area (Å²) in [5, 5.41) is 0. The minimum atomic E-state index is -2.43. The van der Waals surface area contributed by atoms with E-state index in [1.165, 1.54) is 0 Å². The predicted molar refractivity (Wildman–Crippen MR) is 92.7 cm³/mol. The van der Waals surface area contributed by atoms with E-state index in [4.69, 9.17) is 26.6 Å². The Hall–Kier alpha value is -0.0662. The maximum absolute atomic E-state index is 5.65. The Balaban J connectivity index is 0. The number of hydrogen-bond donors (Lipinski definition) is 0. The smallest absolute Gasteiger partial charge is 0.374 e. The second-order valence-corrected chi connectivity index (χ2v) is 9.72. The van der Waals surface area contributed by atoms with Crippen molar-refractivity contribution >= 4 is 17.6 Å². The molecule has 0 aromatic heterocycles. The number of hydrogen-bond acceptors (Lipinski definition) is 6. The zero-order chi connectivity index (χ0) is 17.5. The summed E-state index contributed by atoms with van der Waals surface area (Å²) < 4.78 is 31.8. The fraction of sp³-hybridized carbons (Fsp3) is 0.857. The first kappa shape index (κ1) is 24.2. The van der Waals surface area contributed by atoms with Gasteiger partial charge >= 0.3 is 17.6 Å². The quantitative estimate of drug-likeness (QED) is 0.502. The summed E-state index contributed by atoms with van der Waals surface area (Å²) in [6, 6.07) is 0.919. The van der Waals surface area contributed by atoms with E-state index < -0.39 is 17.6 Å². The van der Waals surface area contributed by atoms with Gasteiger partial charge in [0, 0.05) is 47.2 Å². The van der Waals surface area contributed by atoms with E-state index in [-0.39, 0.29) is 0 Å². The second kappa shape index (κ2) is 14.5. The van der Waals surface area contributed by atoms with Gasteiger partial charge in [0.05, 0.1) is 0 Å². The highest BCUT2D eigenvalue weighted by Crippen LogP contribution is 2.17. The molecule has 0 saturated carbocycles. The van der Waals surface area contributed by atoms with Crippen LogP contribution in [0.25, 0.3) is 0 Å². The van der Waals surface area contributed by atoms with E-state index in [2.05, 4.69) is 13.5 Å². The van der Waals surface area contributed by atoms with E-state index in [0.29, 0.717) is 19.8 Å². The van der Waals surface area contributed by atoms with Gasteiger partial charge in [-0.25, -0.2) is 0 Å². The first-order chi connectivity index (χ1) is 10.5. The molecule has 22 heavy (non-hydrogen) atoms. The zero-order valence-corrected chi connectivity index (χ0v) is 17.3. The molecule has 0 atom stereocenters. The fourth-order valence-corrected chi connectivity index (χ4v) is 5.42. The van der Waals surface area contributed by atoms with Crippen LogP contribution in [-0.2, 0) is 26.6 Å². The molecule has 0 fully saturated rings. The Bertz CT molecular complexity index is 224. The average molecular weight is 355 g/mol. The molecule has 0 heterocycles. The van der Waals surface area contributed by atoms with Crippen molar-refractivity contribution in [2.24, 2.45) is 0 Å². The Morgan fingerprint density at radius 2 is 1.14 bits per heavy atom. The molecule has 8 heteroatoms. The van der Waals surface area contributed by atoms with E-state index in [9.17, 15) is 0 Å². The van der Waals surface area contributed by atoms with E-state index in [0.717, 1.165) is 12.5 Å². The molecule has 0 rings (SSSR count). The second-order valence-electron chi connectivity index (χ2n) is 4.15.